The highest BCUT2D eigenvalue weighted by atomic mass is 16.7. The molecule has 0 aliphatic carbocycles. The number of hydrogen-bond donors (Lipinski definition) is 1. The predicted molar refractivity (Wildman–Crippen MR) is 57.8 cm³/mol. The predicted octanol–water partition coefficient (Wildman–Crippen LogP) is 0.485. The Kier molecular flexibility index (Phi) is 4.05. The monoisotopic (exact) mass is 257 g/mol. The van der Waals surface area contributed by atoms with Gasteiger partial charge in [-0.3, -0.25) is 14.4 Å². The van der Waals surface area contributed by atoms with Gasteiger partial charge in [-0.05, 0) is 20.3 Å². The van der Waals surface area contributed by atoms with Crippen LogP contribution in [0.2, 0.25) is 0 Å². The number of carboxylic acids is 1. The number of imide groups is 1. The van der Waals surface area contributed by atoms with Crippen LogP contribution in [0, 0.1) is 5.41 Å². The molecule has 1 rings (SSSR count). The molecule has 7 nitrogen and oxygen atoms in total. The number of carboxylic acid groups (broad SMARTS) is 1. The maximum atomic E-state index is 11.4. The van der Waals surface area contributed by atoms with Gasteiger partial charge in [-0.25, -0.2) is 4.79 Å². The average molecular weight is 257 g/mol. The molecule has 0 saturated carbocycles. The van der Waals surface area contributed by atoms with Gasteiger partial charge >= 0.3 is 11.9 Å². The van der Waals surface area contributed by atoms with E-state index in [2.05, 4.69) is 4.84 Å². The second-order valence-corrected chi connectivity index (χ2v) is 4.73. The highest BCUT2D eigenvalue weighted by Gasteiger charge is 2.34. The van der Waals surface area contributed by atoms with Crippen LogP contribution in [-0.4, -0.2) is 33.9 Å². The van der Waals surface area contributed by atoms with E-state index >= 15 is 0 Å². The minimum absolute atomic E-state index is 0.0345. The fraction of sp³-hybridized carbons (Fsp3) is 0.636. The zero-order valence-electron chi connectivity index (χ0n) is 10.3. The van der Waals surface area contributed by atoms with Crippen molar-refractivity contribution in [2.75, 3.05) is 0 Å². The van der Waals surface area contributed by atoms with Crippen molar-refractivity contribution in [2.24, 2.45) is 5.41 Å². The number of rotatable bonds is 5. The van der Waals surface area contributed by atoms with Crippen molar-refractivity contribution in [3.8, 4) is 0 Å². The van der Waals surface area contributed by atoms with Gasteiger partial charge < -0.3 is 9.94 Å². The van der Waals surface area contributed by atoms with Gasteiger partial charge in [0.1, 0.15) is 0 Å². The quantitative estimate of drug-likeness (QED) is 0.719. The van der Waals surface area contributed by atoms with Crippen LogP contribution in [0.15, 0.2) is 0 Å². The summed E-state index contributed by atoms with van der Waals surface area (Å²) in [5.74, 6) is -2.91. The van der Waals surface area contributed by atoms with Crippen molar-refractivity contribution in [3.63, 3.8) is 0 Å². The number of hydrogen-bond acceptors (Lipinski definition) is 5. The normalized spacial score (nSPS) is 16.0. The molecule has 0 unspecified atom stereocenters. The summed E-state index contributed by atoms with van der Waals surface area (Å²) in [5, 5.41) is 9.31. The number of carbonyl (C=O) groups is 4. The Bertz CT molecular complexity index is 384. The standard InChI is InChI=1S/C11H15NO6/c1-11(2,10(16)17)6-5-9(15)18-12-7(13)3-4-8(12)14/h3-6H2,1-2H3,(H,16,17). The highest BCUT2D eigenvalue weighted by molar-refractivity contribution is 6.01. The van der Waals surface area contributed by atoms with Crippen LogP contribution in [0.5, 0.6) is 0 Å². The third-order valence-electron chi connectivity index (χ3n) is 2.73. The SMILES string of the molecule is CC(C)(CCC(=O)ON1C(=O)CCC1=O)C(=O)O. The first kappa shape index (κ1) is 14.1. The van der Waals surface area contributed by atoms with E-state index in [0.29, 0.717) is 5.06 Å². The lowest BCUT2D eigenvalue weighted by atomic mass is 9.88. The smallest absolute Gasteiger partial charge is 0.333 e. The van der Waals surface area contributed by atoms with Crippen molar-refractivity contribution in [3.05, 3.63) is 0 Å². The molecule has 0 radical (unpaired) electrons. The molecule has 100 valence electrons. The third kappa shape index (κ3) is 3.28. The van der Waals surface area contributed by atoms with Gasteiger partial charge in [0.25, 0.3) is 11.8 Å². The summed E-state index contributed by atoms with van der Waals surface area (Å²) in [5.41, 5.74) is -1.06. The van der Waals surface area contributed by atoms with Gasteiger partial charge in [0, 0.05) is 19.3 Å². The zero-order valence-corrected chi connectivity index (χ0v) is 10.3. The zero-order chi connectivity index (χ0) is 13.9. The molecule has 1 aliphatic heterocycles. The summed E-state index contributed by atoms with van der Waals surface area (Å²) < 4.78 is 0. The Morgan fingerprint density at radius 1 is 1.28 bits per heavy atom. The Labute approximate surface area is 104 Å². The van der Waals surface area contributed by atoms with E-state index in [1.165, 1.54) is 13.8 Å². The van der Waals surface area contributed by atoms with Crippen molar-refractivity contribution in [1.29, 1.82) is 0 Å². The van der Waals surface area contributed by atoms with Gasteiger partial charge in [-0.2, -0.15) is 0 Å². The van der Waals surface area contributed by atoms with Crippen molar-refractivity contribution in [1.82, 2.24) is 5.06 Å². The summed E-state index contributed by atoms with van der Waals surface area (Å²) >= 11 is 0. The van der Waals surface area contributed by atoms with E-state index in [0.717, 1.165) is 0 Å². The molecule has 1 aliphatic rings. The minimum atomic E-state index is -1.06. The van der Waals surface area contributed by atoms with Crippen LogP contribution >= 0.6 is 0 Å². The van der Waals surface area contributed by atoms with Crippen LogP contribution in [-0.2, 0) is 24.0 Å². The topological polar surface area (TPSA) is 101 Å². The van der Waals surface area contributed by atoms with E-state index in [4.69, 9.17) is 5.11 Å². The average Bonchev–Trinajstić information content (AvgIpc) is 2.58. The lowest BCUT2D eigenvalue weighted by Crippen LogP contribution is -2.33. The minimum Gasteiger partial charge on any atom is -0.481 e. The number of hydroxylamine groups is 2. The van der Waals surface area contributed by atoms with Crippen LogP contribution in [0.3, 0.4) is 0 Å². The molecule has 0 aromatic heterocycles. The molecule has 2 amide bonds. The summed E-state index contributed by atoms with van der Waals surface area (Å²) in [6, 6.07) is 0. The Morgan fingerprint density at radius 3 is 2.22 bits per heavy atom. The molecule has 1 fully saturated rings. The maximum absolute atomic E-state index is 11.4. The second-order valence-electron chi connectivity index (χ2n) is 4.73. The van der Waals surface area contributed by atoms with Gasteiger partial charge in [0.2, 0.25) is 0 Å². The summed E-state index contributed by atoms with van der Waals surface area (Å²) in [6.07, 6.45) is -0.0345. The molecular weight excluding hydrogens is 242 g/mol. The second kappa shape index (κ2) is 5.16. The fourth-order valence-corrected chi connectivity index (χ4v) is 1.33. The Hall–Kier alpha value is -1.92. The lowest BCUT2D eigenvalue weighted by Gasteiger charge is -2.19. The number of aliphatic carboxylic acids is 1. The summed E-state index contributed by atoms with van der Waals surface area (Å²) in [6.45, 7) is 2.96. The molecule has 1 saturated heterocycles. The molecule has 18 heavy (non-hydrogen) atoms. The van der Waals surface area contributed by atoms with E-state index in [9.17, 15) is 19.2 Å². The first-order valence-electron chi connectivity index (χ1n) is 5.54. The van der Waals surface area contributed by atoms with E-state index in [-0.39, 0.29) is 25.7 Å². The van der Waals surface area contributed by atoms with Crippen molar-refractivity contribution < 1.29 is 29.1 Å². The van der Waals surface area contributed by atoms with Crippen LogP contribution in [0.25, 0.3) is 0 Å². The van der Waals surface area contributed by atoms with Crippen LogP contribution in [0.4, 0.5) is 0 Å². The molecule has 0 aromatic rings. The van der Waals surface area contributed by atoms with Crippen molar-refractivity contribution >= 4 is 23.8 Å². The van der Waals surface area contributed by atoms with Crippen molar-refractivity contribution in [2.45, 2.75) is 39.5 Å². The van der Waals surface area contributed by atoms with Gasteiger partial charge in [0.15, 0.2) is 0 Å². The number of carbonyl (C=O) groups excluding carboxylic acids is 3. The molecular formula is C11H15NO6. The largest absolute Gasteiger partial charge is 0.481 e. The first-order chi connectivity index (χ1) is 8.24. The number of amides is 2. The fourth-order valence-electron chi connectivity index (χ4n) is 1.33. The summed E-state index contributed by atoms with van der Waals surface area (Å²) in [4.78, 5) is 49.1. The Balaban J connectivity index is 2.45. The Morgan fingerprint density at radius 2 is 1.78 bits per heavy atom. The molecule has 0 bridgehead atoms. The molecule has 0 aromatic carbocycles. The van der Waals surface area contributed by atoms with E-state index < -0.39 is 29.2 Å². The molecule has 1 heterocycles. The van der Waals surface area contributed by atoms with Gasteiger partial charge in [0.05, 0.1) is 5.41 Å². The molecule has 7 heteroatoms. The summed E-state index contributed by atoms with van der Waals surface area (Å²) in [7, 11) is 0. The maximum Gasteiger partial charge on any atom is 0.333 e. The molecule has 1 N–H and O–H groups in total. The lowest BCUT2D eigenvalue weighted by molar-refractivity contribution is -0.198. The van der Waals surface area contributed by atoms with Crippen LogP contribution in [0.1, 0.15) is 39.5 Å². The first-order valence-corrected chi connectivity index (χ1v) is 5.54. The highest BCUT2D eigenvalue weighted by Crippen LogP contribution is 2.23. The van der Waals surface area contributed by atoms with Crippen LogP contribution < -0.4 is 0 Å². The molecule has 0 spiro atoms. The number of nitrogens with zero attached hydrogens (tertiary/aromatic N) is 1. The molecule has 0 atom stereocenters. The third-order valence-corrected chi connectivity index (χ3v) is 2.73. The van der Waals surface area contributed by atoms with E-state index in [1.54, 1.807) is 0 Å². The van der Waals surface area contributed by atoms with Gasteiger partial charge in [-0.15, -0.1) is 5.06 Å². The van der Waals surface area contributed by atoms with E-state index in [1.807, 2.05) is 0 Å². The van der Waals surface area contributed by atoms with Gasteiger partial charge in [-0.1, -0.05) is 0 Å².